The van der Waals surface area contributed by atoms with E-state index in [-0.39, 0.29) is 11.0 Å². The third-order valence-corrected chi connectivity index (χ3v) is 3.46. The smallest absolute Gasteiger partial charge is 0.151 e. The third kappa shape index (κ3) is 3.06. The second kappa shape index (κ2) is 4.29. The molecule has 1 fully saturated rings. The molecular weight excluding hydrogens is 222 g/mol. The van der Waals surface area contributed by atoms with Crippen LogP contribution in [0.5, 0.6) is 0 Å². The molecule has 102 valence electrons. The van der Waals surface area contributed by atoms with Gasteiger partial charge in [-0.05, 0) is 44.9 Å². The Labute approximate surface area is 111 Å². The number of hydrogen-bond acceptors (Lipinski definition) is 2. The molecule has 0 amide bonds. The second-order valence-corrected chi connectivity index (χ2v) is 7.58. The number of anilines is 1. The Morgan fingerprint density at radius 2 is 1.83 bits per heavy atom. The molecule has 0 aliphatic heterocycles. The molecule has 1 N–H and O–H groups in total. The summed E-state index contributed by atoms with van der Waals surface area (Å²) in [6.07, 6.45) is 4.95. The predicted molar refractivity (Wildman–Crippen MR) is 77.1 cm³/mol. The highest BCUT2D eigenvalue weighted by Gasteiger charge is 2.27. The zero-order chi connectivity index (χ0) is 13.6. The maximum absolute atomic E-state index is 4.75. The number of nitrogens with one attached hydrogen (secondary N) is 1. The number of aromatic nitrogens is 2. The minimum atomic E-state index is 0.0412. The van der Waals surface area contributed by atoms with Crippen LogP contribution in [-0.4, -0.2) is 16.3 Å². The van der Waals surface area contributed by atoms with Crippen molar-refractivity contribution in [1.29, 1.82) is 0 Å². The normalized spacial score (nSPS) is 17.0. The van der Waals surface area contributed by atoms with E-state index in [1.807, 2.05) is 0 Å². The van der Waals surface area contributed by atoms with Gasteiger partial charge in [0.25, 0.3) is 0 Å². The van der Waals surface area contributed by atoms with Crippen molar-refractivity contribution in [1.82, 2.24) is 9.78 Å². The molecule has 18 heavy (non-hydrogen) atoms. The van der Waals surface area contributed by atoms with Gasteiger partial charge >= 0.3 is 0 Å². The quantitative estimate of drug-likeness (QED) is 0.884. The first-order valence-corrected chi connectivity index (χ1v) is 7.02. The van der Waals surface area contributed by atoms with Crippen molar-refractivity contribution in [2.24, 2.45) is 5.92 Å². The summed E-state index contributed by atoms with van der Waals surface area (Å²) in [5, 5.41) is 8.30. The minimum absolute atomic E-state index is 0.0412. The molecule has 1 aromatic rings. The van der Waals surface area contributed by atoms with Crippen LogP contribution in [0, 0.1) is 5.92 Å². The van der Waals surface area contributed by atoms with Crippen LogP contribution in [0.15, 0.2) is 6.20 Å². The van der Waals surface area contributed by atoms with Gasteiger partial charge in [0.1, 0.15) is 0 Å². The van der Waals surface area contributed by atoms with E-state index in [0.717, 1.165) is 18.3 Å². The van der Waals surface area contributed by atoms with E-state index in [9.17, 15) is 0 Å². The van der Waals surface area contributed by atoms with Crippen LogP contribution in [0.4, 0.5) is 5.82 Å². The van der Waals surface area contributed by atoms with Gasteiger partial charge in [-0.1, -0.05) is 20.8 Å². The molecule has 1 heterocycles. The standard InChI is InChI=1S/C15H27N3/c1-14(2,3)12-10-18(15(4,5)6)17-13(12)16-9-11-7-8-11/h10-11H,7-9H2,1-6H3,(H,16,17). The molecule has 3 nitrogen and oxygen atoms in total. The summed E-state index contributed by atoms with van der Waals surface area (Å²) in [5.41, 5.74) is 1.49. The number of hydrogen-bond donors (Lipinski definition) is 1. The number of nitrogens with zero attached hydrogens (tertiary/aromatic N) is 2. The summed E-state index contributed by atoms with van der Waals surface area (Å²) < 4.78 is 2.09. The van der Waals surface area contributed by atoms with Gasteiger partial charge in [-0.25, -0.2) is 0 Å². The molecule has 0 atom stereocenters. The van der Waals surface area contributed by atoms with Gasteiger partial charge in [0.05, 0.1) is 5.54 Å². The van der Waals surface area contributed by atoms with Gasteiger partial charge in [-0.3, -0.25) is 4.68 Å². The van der Waals surface area contributed by atoms with Gasteiger partial charge < -0.3 is 5.32 Å². The molecule has 0 aromatic carbocycles. The molecule has 0 spiro atoms. The van der Waals surface area contributed by atoms with Crippen molar-refractivity contribution in [3.63, 3.8) is 0 Å². The first-order valence-electron chi connectivity index (χ1n) is 7.02. The molecule has 1 aromatic heterocycles. The van der Waals surface area contributed by atoms with E-state index in [1.165, 1.54) is 18.4 Å². The average molecular weight is 249 g/mol. The lowest BCUT2D eigenvalue weighted by molar-refractivity contribution is 0.355. The average Bonchev–Trinajstić information content (AvgIpc) is 2.89. The fraction of sp³-hybridized carbons (Fsp3) is 0.800. The van der Waals surface area contributed by atoms with E-state index < -0.39 is 0 Å². The van der Waals surface area contributed by atoms with Crippen LogP contribution in [0.25, 0.3) is 0 Å². The SMILES string of the molecule is CC(C)(C)c1cn(C(C)(C)C)nc1NCC1CC1. The van der Waals surface area contributed by atoms with E-state index in [1.54, 1.807) is 0 Å². The lowest BCUT2D eigenvalue weighted by Crippen LogP contribution is -2.22. The highest BCUT2D eigenvalue weighted by atomic mass is 15.3. The Morgan fingerprint density at radius 3 is 2.28 bits per heavy atom. The monoisotopic (exact) mass is 249 g/mol. The van der Waals surface area contributed by atoms with Gasteiger partial charge in [-0.2, -0.15) is 5.10 Å². The molecule has 0 unspecified atom stereocenters. The van der Waals surface area contributed by atoms with Crippen molar-refractivity contribution in [2.75, 3.05) is 11.9 Å². The van der Waals surface area contributed by atoms with Crippen molar-refractivity contribution >= 4 is 5.82 Å². The second-order valence-electron chi connectivity index (χ2n) is 7.58. The summed E-state index contributed by atoms with van der Waals surface area (Å²) in [7, 11) is 0. The molecule has 3 heteroatoms. The van der Waals surface area contributed by atoms with Crippen molar-refractivity contribution < 1.29 is 0 Å². The maximum Gasteiger partial charge on any atom is 0.151 e. The van der Waals surface area contributed by atoms with Gasteiger partial charge in [0, 0.05) is 18.3 Å². The molecule has 0 saturated heterocycles. The molecular formula is C15H27N3. The van der Waals surface area contributed by atoms with Crippen molar-refractivity contribution in [3.05, 3.63) is 11.8 Å². The van der Waals surface area contributed by atoms with E-state index in [0.29, 0.717) is 0 Å². The highest BCUT2D eigenvalue weighted by Crippen LogP contribution is 2.33. The molecule has 1 saturated carbocycles. The Balaban J connectivity index is 2.26. The van der Waals surface area contributed by atoms with E-state index in [4.69, 9.17) is 5.10 Å². The molecule has 0 bridgehead atoms. The number of rotatable bonds is 3. The summed E-state index contributed by atoms with van der Waals surface area (Å²) in [6.45, 7) is 14.4. The van der Waals surface area contributed by atoms with Crippen molar-refractivity contribution in [3.8, 4) is 0 Å². The summed E-state index contributed by atoms with van der Waals surface area (Å²) in [5.74, 6) is 1.95. The lowest BCUT2D eigenvalue weighted by Gasteiger charge is -2.20. The highest BCUT2D eigenvalue weighted by molar-refractivity contribution is 5.47. The molecule has 2 rings (SSSR count). The Bertz CT molecular complexity index is 414. The van der Waals surface area contributed by atoms with E-state index in [2.05, 4.69) is 57.7 Å². The van der Waals surface area contributed by atoms with Crippen molar-refractivity contribution in [2.45, 2.75) is 65.3 Å². The molecule has 1 aliphatic carbocycles. The lowest BCUT2D eigenvalue weighted by atomic mass is 9.88. The van der Waals surface area contributed by atoms with E-state index >= 15 is 0 Å². The third-order valence-electron chi connectivity index (χ3n) is 3.46. The molecule has 0 radical (unpaired) electrons. The first-order chi connectivity index (χ1) is 8.18. The zero-order valence-electron chi connectivity index (χ0n) is 12.7. The Kier molecular flexibility index (Phi) is 3.20. The van der Waals surface area contributed by atoms with Crippen LogP contribution in [0.2, 0.25) is 0 Å². The predicted octanol–water partition coefficient (Wildman–Crippen LogP) is 3.76. The molecule has 1 aliphatic rings. The summed E-state index contributed by atoms with van der Waals surface area (Å²) in [6, 6.07) is 0. The van der Waals surface area contributed by atoms with Gasteiger partial charge in [0.15, 0.2) is 5.82 Å². The van der Waals surface area contributed by atoms with Crippen LogP contribution in [0.1, 0.15) is 59.9 Å². The van der Waals surface area contributed by atoms with Crippen LogP contribution < -0.4 is 5.32 Å². The largest absolute Gasteiger partial charge is 0.368 e. The van der Waals surface area contributed by atoms with Crippen LogP contribution in [-0.2, 0) is 11.0 Å². The van der Waals surface area contributed by atoms with Gasteiger partial charge in [0.2, 0.25) is 0 Å². The Hall–Kier alpha value is -0.990. The minimum Gasteiger partial charge on any atom is -0.368 e. The maximum atomic E-state index is 4.75. The van der Waals surface area contributed by atoms with Crippen LogP contribution >= 0.6 is 0 Å². The first kappa shape index (κ1) is 13.4. The fourth-order valence-electron chi connectivity index (χ4n) is 1.96. The fourth-order valence-corrected chi connectivity index (χ4v) is 1.96. The van der Waals surface area contributed by atoms with Gasteiger partial charge in [-0.15, -0.1) is 0 Å². The van der Waals surface area contributed by atoms with Crippen LogP contribution in [0.3, 0.4) is 0 Å². The Morgan fingerprint density at radius 1 is 1.22 bits per heavy atom. The summed E-state index contributed by atoms with van der Waals surface area (Å²) >= 11 is 0. The zero-order valence-corrected chi connectivity index (χ0v) is 12.7. The topological polar surface area (TPSA) is 29.9 Å². The summed E-state index contributed by atoms with van der Waals surface area (Å²) in [4.78, 5) is 0.